The lowest BCUT2D eigenvalue weighted by molar-refractivity contribution is -0.127. The Balaban J connectivity index is 1.53. The van der Waals surface area contributed by atoms with Crippen LogP contribution in [0.25, 0.3) is 0 Å². The molecule has 0 unspecified atom stereocenters. The molecular weight excluding hydrogens is 393 g/mol. The zero-order chi connectivity index (χ0) is 22.1. The van der Waals surface area contributed by atoms with Crippen molar-refractivity contribution in [2.75, 3.05) is 33.7 Å². The largest absolute Gasteiger partial charge is 0.354 e. The first kappa shape index (κ1) is 22.7. The summed E-state index contributed by atoms with van der Waals surface area (Å²) in [4.78, 5) is 20.6. The van der Waals surface area contributed by atoms with Crippen molar-refractivity contribution < 1.29 is 9.18 Å². The number of rotatable bonds is 7. The maximum Gasteiger partial charge on any atom is 0.241 e. The summed E-state index contributed by atoms with van der Waals surface area (Å²) in [7, 11) is 3.49. The van der Waals surface area contributed by atoms with E-state index in [2.05, 4.69) is 20.5 Å². The Bertz CT molecular complexity index is 846. The molecule has 0 atom stereocenters. The Morgan fingerprint density at radius 3 is 2.39 bits per heavy atom. The minimum Gasteiger partial charge on any atom is -0.354 e. The fourth-order valence-corrected chi connectivity index (χ4v) is 3.50. The Morgan fingerprint density at radius 1 is 1.06 bits per heavy atom. The van der Waals surface area contributed by atoms with Crippen LogP contribution in [0.2, 0.25) is 0 Å². The van der Waals surface area contributed by atoms with E-state index < -0.39 is 0 Å². The van der Waals surface area contributed by atoms with Crippen LogP contribution in [0.1, 0.15) is 24.0 Å². The summed E-state index contributed by atoms with van der Waals surface area (Å²) >= 11 is 0. The van der Waals surface area contributed by atoms with E-state index >= 15 is 0 Å². The predicted octanol–water partition coefficient (Wildman–Crippen LogP) is 2.61. The number of likely N-dealkylation sites (tertiary alicyclic amines) is 1. The molecule has 0 saturated carbocycles. The summed E-state index contributed by atoms with van der Waals surface area (Å²) in [5, 5.41) is 6.68. The van der Waals surface area contributed by atoms with Crippen molar-refractivity contribution >= 4 is 11.9 Å². The van der Waals surface area contributed by atoms with Gasteiger partial charge in [0.25, 0.3) is 0 Å². The van der Waals surface area contributed by atoms with Gasteiger partial charge >= 0.3 is 0 Å². The van der Waals surface area contributed by atoms with Crippen LogP contribution in [0.4, 0.5) is 4.39 Å². The number of piperidine rings is 1. The predicted molar refractivity (Wildman–Crippen MR) is 122 cm³/mol. The van der Waals surface area contributed by atoms with Crippen molar-refractivity contribution in [3.63, 3.8) is 0 Å². The average molecular weight is 426 g/mol. The molecule has 1 amide bonds. The highest BCUT2D eigenvalue weighted by molar-refractivity contribution is 5.86. The van der Waals surface area contributed by atoms with Gasteiger partial charge in [-0.15, -0.1) is 0 Å². The normalized spacial score (nSPS) is 15.5. The monoisotopic (exact) mass is 425 g/mol. The molecule has 0 bridgehead atoms. The molecule has 3 rings (SSSR count). The average Bonchev–Trinajstić information content (AvgIpc) is 2.78. The van der Waals surface area contributed by atoms with E-state index in [9.17, 15) is 9.18 Å². The number of carbonyl (C=O) groups excluding carboxylic acids is 1. The SMILES string of the molecule is CN(C)C(=O)CNC(=NCc1ccccc1)NC1CCN(Cc2ccc(F)cc2)CC1. The zero-order valence-electron chi connectivity index (χ0n) is 18.4. The van der Waals surface area contributed by atoms with Gasteiger partial charge in [0.05, 0.1) is 13.1 Å². The Labute approximate surface area is 184 Å². The van der Waals surface area contributed by atoms with Crippen molar-refractivity contribution in [2.24, 2.45) is 4.99 Å². The van der Waals surface area contributed by atoms with E-state index in [1.165, 1.54) is 12.1 Å². The zero-order valence-corrected chi connectivity index (χ0v) is 18.4. The first-order chi connectivity index (χ1) is 15.0. The molecule has 2 aromatic carbocycles. The van der Waals surface area contributed by atoms with Gasteiger partial charge in [0, 0.05) is 39.8 Å². The lowest BCUT2D eigenvalue weighted by Crippen LogP contribution is -2.50. The number of amides is 1. The number of halogens is 1. The summed E-state index contributed by atoms with van der Waals surface area (Å²) < 4.78 is 13.1. The number of nitrogens with one attached hydrogen (secondary N) is 2. The summed E-state index contributed by atoms with van der Waals surface area (Å²) in [5.41, 5.74) is 2.25. The van der Waals surface area contributed by atoms with Crippen molar-refractivity contribution in [1.82, 2.24) is 20.4 Å². The third kappa shape index (κ3) is 7.68. The van der Waals surface area contributed by atoms with Crippen LogP contribution < -0.4 is 10.6 Å². The topological polar surface area (TPSA) is 60.0 Å². The van der Waals surface area contributed by atoms with Gasteiger partial charge in [-0.05, 0) is 36.1 Å². The first-order valence-electron chi connectivity index (χ1n) is 10.8. The van der Waals surface area contributed by atoms with E-state index in [4.69, 9.17) is 0 Å². The first-order valence-corrected chi connectivity index (χ1v) is 10.8. The highest BCUT2D eigenvalue weighted by Gasteiger charge is 2.20. The smallest absolute Gasteiger partial charge is 0.241 e. The molecule has 2 aromatic rings. The maximum absolute atomic E-state index is 13.1. The van der Waals surface area contributed by atoms with Crippen molar-refractivity contribution in [3.8, 4) is 0 Å². The quantitative estimate of drug-likeness (QED) is 0.529. The van der Waals surface area contributed by atoms with Gasteiger partial charge in [-0.3, -0.25) is 9.69 Å². The van der Waals surface area contributed by atoms with E-state index in [1.54, 1.807) is 19.0 Å². The Morgan fingerprint density at radius 2 is 1.74 bits per heavy atom. The van der Waals surface area contributed by atoms with Crippen molar-refractivity contribution in [1.29, 1.82) is 0 Å². The molecule has 7 heteroatoms. The summed E-state index contributed by atoms with van der Waals surface area (Å²) in [6.07, 6.45) is 1.96. The number of benzene rings is 2. The number of hydrogen-bond acceptors (Lipinski definition) is 3. The molecule has 166 valence electrons. The van der Waals surface area contributed by atoms with Crippen LogP contribution in [0.3, 0.4) is 0 Å². The Hall–Kier alpha value is -2.93. The van der Waals surface area contributed by atoms with Crippen LogP contribution >= 0.6 is 0 Å². The van der Waals surface area contributed by atoms with Gasteiger partial charge in [0.2, 0.25) is 5.91 Å². The molecule has 6 nitrogen and oxygen atoms in total. The molecule has 2 N–H and O–H groups in total. The fraction of sp³-hybridized carbons (Fsp3) is 0.417. The second kappa shape index (κ2) is 11.5. The minimum atomic E-state index is -0.200. The summed E-state index contributed by atoms with van der Waals surface area (Å²) in [6, 6.07) is 17.1. The van der Waals surface area contributed by atoms with Crippen LogP contribution in [-0.2, 0) is 17.9 Å². The molecule has 0 aromatic heterocycles. The van der Waals surface area contributed by atoms with Crippen LogP contribution in [-0.4, -0.2) is 61.4 Å². The fourth-order valence-electron chi connectivity index (χ4n) is 3.50. The minimum absolute atomic E-state index is 0.00308. The number of hydrogen-bond donors (Lipinski definition) is 2. The molecule has 1 saturated heterocycles. The van der Waals surface area contributed by atoms with E-state index in [0.717, 1.165) is 43.6 Å². The molecule has 1 aliphatic heterocycles. The van der Waals surface area contributed by atoms with Gasteiger partial charge in [-0.2, -0.15) is 0 Å². The van der Waals surface area contributed by atoms with Gasteiger partial charge in [0.15, 0.2) is 5.96 Å². The number of aliphatic imine (C=N–C) groups is 1. The van der Waals surface area contributed by atoms with E-state index in [-0.39, 0.29) is 18.3 Å². The van der Waals surface area contributed by atoms with Gasteiger partial charge in [-0.25, -0.2) is 9.38 Å². The molecule has 0 radical (unpaired) electrons. The number of carbonyl (C=O) groups is 1. The molecule has 1 heterocycles. The van der Waals surface area contributed by atoms with Gasteiger partial charge in [0.1, 0.15) is 5.82 Å². The Kier molecular flexibility index (Phi) is 8.41. The molecular formula is C24H32FN5O. The highest BCUT2D eigenvalue weighted by Crippen LogP contribution is 2.14. The number of nitrogens with zero attached hydrogens (tertiary/aromatic N) is 3. The number of likely N-dealkylation sites (N-methyl/N-ethyl adjacent to an activating group) is 1. The lowest BCUT2D eigenvalue weighted by atomic mass is 10.0. The van der Waals surface area contributed by atoms with Crippen LogP contribution in [0.15, 0.2) is 59.6 Å². The molecule has 1 aliphatic rings. The van der Waals surface area contributed by atoms with Gasteiger partial charge < -0.3 is 15.5 Å². The number of guanidine groups is 1. The molecule has 0 spiro atoms. The third-order valence-electron chi connectivity index (χ3n) is 5.42. The van der Waals surface area contributed by atoms with E-state index in [0.29, 0.717) is 18.5 Å². The molecule has 0 aliphatic carbocycles. The summed E-state index contributed by atoms with van der Waals surface area (Å²) in [6.45, 7) is 3.50. The van der Waals surface area contributed by atoms with Crippen molar-refractivity contribution in [2.45, 2.75) is 32.0 Å². The summed E-state index contributed by atoms with van der Waals surface area (Å²) in [5.74, 6) is 0.466. The second-order valence-corrected chi connectivity index (χ2v) is 8.11. The van der Waals surface area contributed by atoms with Crippen LogP contribution in [0, 0.1) is 5.82 Å². The van der Waals surface area contributed by atoms with Crippen LogP contribution in [0.5, 0.6) is 0 Å². The third-order valence-corrected chi connectivity index (χ3v) is 5.42. The second-order valence-electron chi connectivity index (χ2n) is 8.11. The van der Waals surface area contributed by atoms with Gasteiger partial charge in [-0.1, -0.05) is 42.5 Å². The van der Waals surface area contributed by atoms with E-state index in [1.807, 2.05) is 42.5 Å². The molecule has 31 heavy (non-hydrogen) atoms. The standard InChI is InChI=1S/C24H32FN5O/c1-29(2)23(31)17-27-24(26-16-19-6-4-3-5-7-19)28-22-12-14-30(15-13-22)18-20-8-10-21(25)11-9-20/h3-11,22H,12-18H2,1-2H3,(H2,26,27,28). The van der Waals surface area contributed by atoms with Crippen molar-refractivity contribution in [3.05, 3.63) is 71.5 Å². The highest BCUT2D eigenvalue weighted by atomic mass is 19.1. The lowest BCUT2D eigenvalue weighted by Gasteiger charge is -2.33. The molecule has 1 fully saturated rings. The maximum atomic E-state index is 13.1.